The van der Waals surface area contributed by atoms with Crippen LogP contribution in [0.5, 0.6) is 5.75 Å². The van der Waals surface area contributed by atoms with Crippen molar-refractivity contribution in [2.24, 2.45) is 0 Å². The van der Waals surface area contributed by atoms with E-state index in [1.807, 2.05) is 0 Å². The van der Waals surface area contributed by atoms with E-state index < -0.39 is 0 Å². The van der Waals surface area contributed by atoms with Crippen LogP contribution < -0.4 is 10.1 Å². The van der Waals surface area contributed by atoms with E-state index in [2.05, 4.69) is 35.5 Å². The number of likely N-dealkylation sites (N-methyl/N-ethyl adjacent to an activating group) is 1. The molecule has 0 aliphatic carbocycles. The van der Waals surface area contributed by atoms with Crippen LogP contribution in [0.1, 0.15) is 24.8 Å². The molecular formula is C15H22N2O. The second-order valence-corrected chi connectivity index (χ2v) is 5.41. The molecule has 1 saturated heterocycles. The van der Waals surface area contributed by atoms with Gasteiger partial charge in [0.15, 0.2) is 0 Å². The number of rotatable bonds is 3. The molecule has 0 spiro atoms. The number of anilines is 1. The van der Waals surface area contributed by atoms with Crippen molar-refractivity contribution in [2.75, 3.05) is 32.1 Å². The Labute approximate surface area is 109 Å². The molecule has 3 rings (SSSR count). The molecule has 18 heavy (non-hydrogen) atoms. The van der Waals surface area contributed by atoms with Gasteiger partial charge in [-0.25, -0.2) is 0 Å². The Kier molecular flexibility index (Phi) is 3.41. The summed E-state index contributed by atoms with van der Waals surface area (Å²) in [6.07, 6.45) is 5.05. The van der Waals surface area contributed by atoms with Gasteiger partial charge in [0.1, 0.15) is 12.4 Å². The average Bonchev–Trinajstić information content (AvgIpc) is 2.86. The molecule has 0 radical (unpaired) electrons. The Balaban J connectivity index is 1.65. The van der Waals surface area contributed by atoms with E-state index >= 15 is 0 Å². The van der Waals surface area contributed by atoms with Gasteiger partial charge in [0.25, 0.3) is 0 Å². The van der Waals surface area contributed by atoms with Crippen LogP contribution in [0.15, 0.2) is 18.2 Å². The van der Waals surface area contributed by atoms with E-state index in [-0.39, 0.29) is 0 Å². The molecule has 1 fully saturated rings. The van der Waals surface area contributed by atoms with E-state index in [1.54, 1.807) is 0 Å². The standard InChI is InChI=1S/C15H22N2O/c1-17-10-3-2-6-13(17)11-18-14-7-4-5-12-8-9-16-15(12)14/h4-5,7,13,16H,2-3,6,8-11H2,1H3. The molecule has 2 aliphatic rings. The predicted molar refractivity (Wildman–Crippen MR) is 74.4 cm³/mol. The highest BCUT2D eigenvalue weighted by Gasteiger charge is 2.21. The van der Waals surface area contributed by atoms with Crippen molar-refractivity contribution in [3.63, 3.8) is 0 Å². The topological polar surface area (TPSA) is 24.5 Å². The van der Waals surface area contributed by atoms with E-state index in [0.717, 1.165) is 25.3 Å². The molecule has 1 aromatic rings. The van der Waals surface area contributed by atoms with Crippen molar-refractivity contribution in [3.05, 3.63) is 23.8 Å². The number of nitrogens with zero attached hydrogens (tertiary/aromatic N) is 1. The third-order valence-corrected chi connectivity index (χ3v) is 4.16. The molecule has 1 atom stereocenters. The summed E-state index contributed by atoms with van der Waals surface area (Å²) < 4.78 is 6.05. The van der Waals surface area contributed by atoms with Gasteiger partial charge in [-0.2, -0.15) is 0 Å². The van der Waals surface area contributed by atoms with E-state index in [1.165, 1.54) is 37.1 Å². The zero-order valence-electron chi connectivity index (χ0n) is 11.1. The van der Waals surface area contributed by atoms with Gasteiger partial charge in [-0.3, -0.25) is 0 Å². The quantitative estimate of drug-likeness (QED) is 0.887. The highest BCUT2D eigenvalue weighted by molar-refractivity contribution is 5.65. The molecule has 3 heteroatoms. The first kappa shape index (κ1) is 11.8. The molecule has 2 aliphatic heterocycles. The molecule has 1 aromatic carbocycles. The molecular weight excluding hydrogens is 224 g/mol. The van der Waals surface area contributed by atoms with Crippen LogP contribution in [0, 0.1) is 0 Å². The predicted octanol–water partition coefficient (Wildman–Crippen LogP) is 2.52. The molecule has 3 nitrogen and oxygen atoms in total. The van der Waals surface area contributed by atoms with Gasteiger partial charge in [-0.1, -0.05) is 18.6 Å². The highest BCUT2D eigenvalue weighted by atomic mass is 16.5. The van der Waals surface area contributed by atoms with Crippen LogP contribution in [0.3, 0.4) is 0 Å². The molecule has 1 N–H and O–H groups in total. The minimum Gasteiger partial charge on any atom is -0.490 e. The fourth-order valence-corrected chi connectivity index (χ4v) is 2.97. The molecule has 0 aromatic heterocycles. The summed E-state index contributed by atoms with van der Waals surface area (Å²) in [5.41, 5.74) is 2.61. The molecule has 1 unspecified atom stereocenters. The number of hydrogen-bond donors (Lipinski definition) is 1. The Morgan fingerprint density at radius 2 is 2.33 bits per heavy atom. The van der Waals surface area contributed by atoms with Crippen LogP contribution >= 0.6 is 0 Å². The van der Waals surface area contributed by atoms with Crippen molar-refractivity contribution >= 4 is 5.69 Å². The first-order valence-electron chi connectivity index (χ1n) is 7.03. The van der Waals surface area contributed by atoms with Gasteiger partial charge < -0.3 is 15.0 Å². The Hall–Kier alpha value is -1.22. The van der Waals surface area contributed by atoms with Crippen LogP contribution in [-0.2, 0) is 6.42 Å². The Bertz CT molecular complexity index is 419. The smallest absolute Gasteiger partial charge is 0.142 e. The third-order valence-electron chi connectivity index (χ3n) is 4.16. The van der Waals surface area contributed by atoms with Crippen molar-refractivity contribution < 1.29 is 4.74 Å². The van der Waals surface area contributed by atoms with Crippen molar-refractivity contribution in [2.45, 2.75) is 31.7 Å². The highest BCUT2D eigenvalue weighted by Crippen LogP contribution is 2.32. The maximum atomic E-state index is 6.05. The lowest BCUT2D eigenvalue weighted by Crippen LogP contribution is -2.40. The van der Waals surface area contributed by atoms with E-state index in [9.17, 15) is 0 Å². The monoisotopic (exact) mass is 246 g/mol. The number of piperidine rings is 1. The van der Waals surface area contributed by atoms with Gasteiger partial charge in [0.05, 0.1) is 5.69 Å². The zero-order chi connectivity index (χ0) is 12.4. The Morgan fingerprint density at radius 1 is 1.39 bits per heavy atom. The largest absolute Gasteiger partial charge is 0.490 e. The lowest BCUT2D eigenvalue weighted by molar-refractivity contribution is 0.125. The third kappa shape index (κ3) is 2.32. The summed E-state index contributed by atoms with van der Waals surface area (Å²) in [5, 5.41) is 3.43. The van der Waals surface area contributed by atoms with Crippen LogP contribution in [0.4, 0.5) is 5.69 Å². The molecule has 0 bridgehead atoms. The van der Waals surface area contributed by atoms with Crippen molar-refractivity contribution in [1.29, 1.82) is 0 Å². The van der Waals surface area contributed by atoms with Gasteiger partial charge in [-0.05, 0) is 44.5 Å². The number of likely N-dealkylation sites (tertiary alicyclic amines) is 1. The van der Waals surface area contributed by atoms with Crippen molar-refractivity contribution in [1.82, 2.24) is 4.90 Å². The number of benzene rings is 1. The number of fused-ring (bicyclic) bond motifs is 1. The van der Waals surface area contributed by atoms with Crippen LogP contribution in [0.2, 0.25) is 0 Å². The van der Waals surface area contributed by atoms with Gasteiger partial charge in [-0.15, -0.1) is 0 Å². The van der Waals surface area contributed by atoms with E-state index in [0.29, 0.717) is 6.04 Å². The van der Waals surface area contributed by atoms with Gasteiger partial charge in [0.2, 0.25) is 0 Å². The first-order chi connectivity index (χ1) is 8.84. The van der Waals surface area contributed by atoms with Crippen molar-refractivity contribution in [3.8, 4) is 5.75 Å². The lowest BCUT2D eigenvalue weighted by Gasteiger charge is -2.32. The molecule has 98 valence electrons. The first-order valence-corrected chi connectivity index (χ1v) is 7.03. The maximum Gasteiger partial charge on any atom is 0.142 e. The number of nitrogens with one attached hydrogen (secondary N) is 1. The molecule has 2 heterocycles. The number of para-hydroxylation sites is 1. The van der Waals surface area contributed by atoms with Gasteiger partial charge in [0, 0.05) is 12.6 Å². The zero-order valence-corrected chi connectivity index (χ0v) is 11.1. The van der Waals surface area contributed by atoms with Gasteiger partial charge >= 0.3 is 0 Å². The summed E-state index contributed by atoms with van der Waals surface area (Å²) >= 11 is 0. The Morgan fingerprint density at radius 3 is 3.22 bits per heavy atom. The summed E-state index contributed by atoms with van der Waals surface area (Å²) in [6, 6.07) is 6.96. The SMILES string of the molecule is CN1CCCCC1COc1cccc2c1NCC2. The second kappa shape index (κ2) is 5.19. The minimum atomic E-state index is 0.580. The summed E-state index contributed by atoms with van der Waals surface area (Å²) in [4.78, 5) is 2.43. The van der Waals surface area contributed by atoms with E-state index in [4.69, 9.17) is 4.74 Å². The van der Waals surface area contributed by atoms with Crippen LogP contribution in [0.25, 0.3) is 0 Å². The van der Waals surface area contributed by atoms with Crippen LogP contribution in [-0.4, -0.2) is 37.7 Å². The lowest BCUT2D eigenvalue weighted by atomic mass is 10.0. The molecule has 0 saturated carbocycles. The second-order valence-electron chi connectivity index (χ2n) is 5.41. The fraction of sp³-hybridized carbons (Fsp3) is 0.600. The summed E-state index contributed by atoms with van der Waals surface area (Å²) in [7, 11) is 2.21. The minimum absolute atomic E-state index is 0.580. The molecule has 0 amide bonds. The number of hydrogen-bond acceptors (Lipinski definition) is 3. The number of ether oxygens (including phenoxy) is 1. The normalized spacial score (nSPS) is 23.5. The summed E-state index contributed by atoms with van der Waals surface area (Å²) in [5.74, 6) is 1.03. The average molecular weight is 246 g/mol. The maximum absolute atomic E-state index is 6.05. The fourth-order valence-electron chi connectivity index (χ4n) is 2.97. The summed E-state index contributed by atoms with van der Waals surface area (Å²) in [6.45, 7) is 3.06.